The summed E-state index contributed by atoms with van der Waals surface area (Å²) in [7, 11) is -2.43. The monoisotopic (exact) mass is 412 g/mol. The second-order valence-electron chi connectivity index (χ2n) is 9.73. The van der Waals surface area contributed by atoms with Crippen molar-refractivity contribution >= 4 is 18.7 Å². The molecule has 1 N–H and O–H groups in total. The van der Waals surface area contributed by atoms with Crippen LogP contribution < -0.4 is 10.4 Å². The molecule has 0 aliphatic carbocycles. The first kappa shape index (κ1) is 23.9. The number of hydrogen-bond acceptors (Lipinski definition) is 2. The molecule has 2 aromatic rings. The zero-order chi connectivity index (χ0) is 21.5. The van der Waals surface area contributed by atoms with Crippen molar-refractivity contribution in [1.29, 1.82) is 0 Å². The van der Waals surface area contributed by atoms with Crippen molar-refractivity contribution in [3.8, 4) is 0 Å². The molecule has 3 heteroatoms. The molecule has 0 amide bonds. The van der Waals surface area contributed by atoms with Crippen molar-refractivity contribution in [3.63, 3.8) is 0 Å². The summed E-state index contributed by atoms with van der Waals surface area (Å²) in [5, 5.41) is 12.4. The highest BCUT2D eigenvalue weighted by atomic mass is 28.4. The quantitative estimate of drug-likeness (QED) is 0.530. The molecule has 0 bridgehead atoms. The van der Waals surface area contributed by atoms with Gasteiger partial charge in [-0.05, 0) is 47.0 Å². The highest BCUT2D eigenvalue weighted by Gasteiger charge is 2.50. The van der Waals surface area contributed by atoms with Crippen LogP contribution in [0, 0.1) is 11.8 Å². The summed E-state index contributed by atoms with van der Waals surface area (Å²) in [6.45, 7) is 14.1. The average molecular weight is 413 g/mol. The van der Waals surface area contributed by atoms with Crippen LogP contribution in [0.1, 0.15) is 60.8 Å². The maximum atomic E-state index is 9.72. The van der Waals surface area contributed by atoms with Gasteiger partial charge in [-0.2, -0.15) is 0 Å². The lowest BCUT2D eigenvalue weighted by Crippen LogP contribution is -2.66. The minimum atomic E-state index is -2.43. The van der Waals surface area contributed by atoms with Gasteiger partial charge in [0.15, 0.2) is 0 Å². The topological polar surface area (TPSA) is 29.5 Å². The highest BCUT2D eigenvalue weighted by molar-refractivity contribution is 6.99. The number of benzene rings is 2. The van der Waals surface area contributed by atoms with Gasteiger partial charge < -0.3 is 9.53 Å². The molecule has 2 aromatic carbocycles. The van der Waals surface area contributed by atoms with Gasteiger partial charge >= 0.3 is 0 Å². The van der Waals surface area contributed by atoms with Crippen LogP contribution in [0.25, 0.3) is 0 Å². The first-order valence-electron chi connectivity index (χ1n) is 11.1. The molecule has 160 valence electrons. The van der Waals surface area contributed by atoms with E-state index in [1.165, 1.54) is 10.4 Å². The number of hydrogen-bond donors (Lipinski definition) is 1. The molecule has 0 aromatic heterocycles. The van der Waals surface area contributed by atoms with Crippen molar-refractivity contribution in [2.45, 2.75) is 71.9 Å². The fourth-order valence-corrected chi connectivity index (χ4v) is 8.83. The van der Waals surface area contributed by atoms with Crippen LogP contribution in [0.4, 0.5) is 0 Å². The normalized spacial score (nSPS) is 15.7. The van der Waals surface area contributed by atoms with Crippen LogP contribution in [0.5, 0.6) is 0 Å². The molecule has 0 unspecified atom stereocenters. The predicted octanol–water partition coefficient (Wildman–Crippen LogP) is 5.39. The molecule has 0 heterocycles. The average Bonchev–Trinajstić information content (AvgIpc) is 2.69. The summed E-state index contributed by atoms with van der Waals surface area (Å²) in [6.07, 6.45) is 3.12. The van der Waals surface area contributed by atoms with Gasteiger partial charge in [0.2, 0.25) is 0 Å². The molecule has 0 saturated heterocycles. The Morgan fingerprint density at radius 2 is 1.31 bits per heavy atom. The van der Waals surface area contributed by atoms with E-state index >= 15 is 0 Å². The second kappa shape index (κ2) is 10.6. The molecule has 3 atom stereocenters. The van der Waals surface area contributed by atoms with Crippen LogP contribution in [-0.2, 0) is 4.43 Å². The second-order valence-corrected chi connectivity index (χ2v) is 14.0. The lowest BCUT2D eigenvalue weighted by molar-refractivity contribution is 0.126. The summed E-state index contributed by atoms with van der Waals surface area (Å²) in [5.41, 5.74) is 0. The van der Waals surface area contributed by atoms with Gasteiger partial charge in [0.25, 0.3) is 8.32 Å². The highest BCUT2D eigenvalue weighted by Crippen LogP contribution is 2.37. The molecule has 0 fully saturated rings. The van der Waals surface area contributed by atoms with Crippen molar-refractivity contribution < 1.29 is 9.53 Å². The summed E-state index contributed by atoms with van der Waals surface area (Å²) in [5.74, 6) is 0.859. The molecule has 0 aliphatic rings. The van der Waals surface area contributed by atoms with Crippen LogP contribution >= 0.6 is 0 Å². The third kappa shape index (κ3) is 6.03. The van der Waals surface area contributed by atoms with Crippen molar-refractivity contribution in [2.24, 2.45) is 11.8 Å². The Morgan fingerprint density at radius 3 is 1.72 bits per heavy atom. The van der Waals surface area contributed by atoms with Gasteiger partial charge in [-0.15, -0.1) is 0 Å². The summed E-state index contributed by atoms with van der Waals surface area (Å²) in [6, 6.07) is 21.7. The van der Waals surface area contributed by atoms with Crippen LogP contribution in [0.15, 0.2) is 60.7 Å². The van der Waals surface area contributed by atoms with E-state index in [1.807, 2.05) is 6.92 Å². The van der Waals surface area contributed by atoms with Gasteiger partial charge in [0.1, 0.15) is 0 Å². The first-order valence-corrected chi connectivity index (χ1v) is 13.0. The molecular weight excluding hydrogens is 372 g/mol. The number of aliphatic hydroxyl groups excluding tert-OH is 1. The lowest BCUT2D eigenvalue weighted by atomic mass is 9.96. The summed E-state index contributed by atoms with van der Waals surface area (Å²) >= 11 is 0. The predicted molar refractivity (Wildman–Crippen MR) is 127 cm³/mol. The SMILES string of the molecule is C[C@H](CCC[C@H](C)[C@H](C)O)CO[Si](c1ccccc1)(c1ccccc1)C(C)(C)C. The van der Waals surface area contributed by atoms with E-state index in [2.05, 4.69) is 95.3 Å². The van der Waals surface area contributed by atoms with Crippen molar-refractivity contribution in [1.82, 2.24) is 0 Å². The minimum Gasteiger partial charge on any atom is -0.407 e. The summed E-state index contributed by atoms with van der Waals surface area (Å²) < 4.78 is 7.02. The Balaban J connectivity index is 2.23. The third-order valence-corrected chi connectivity index (χ3v) is 11.2. The third-order valence-electron chi connectivity index (χ3n) is 6.18. The maximum absolute atomic E-state index is 9.72. The van der Waals surface area contributed by atoms with E-state index in [9.17, 15) is 5.11 Å². The van der Waals surface area contributed by atoms with Crippen molar-refractivity contribution in [3.05, 3.63) is 60.7 Å². The van der Waals surface area contributed by atoms with Crippen LogP contribution in [0.3, 0.4) is 0 Å². The van der Waals surface area contributed by atoms with Crippen molar-refractivity contribution in [2.75, 3.05) is 6.61 Å². The zero-order valence-corrected chi connectivity index (χ0v) is 20.2. The molecule has 0 saturated carbocycles. The van der Waals surface area contributed by atoms with E-state index in [4.69, 9.17) is 4.43 Å². The van der Waals surface area contributed by atoms with Gasteiger partial charge in [-0.25, -0.2) is 0 Å². The Bertz CT molecular complexity index is 667. The van der Waals surface area contributed by atoms with E-state index in [0.717, 1.165) is 25.9 Å². The van der Waals surface area contributed by atoms with Gasteiger partial charge in [0, 0.05) is 6.61 Å². The molecule has 29 heavy (non-hydrogen) atoms. The van der Waals surface area contributed by atoms with Gasteiger partial charge in [-0.3, -0.25) is 0 Å². The lowest BCUT2D eigenvalue weighted by Gasteiger charge is -2.43. The number of rotatable bonds is 10. The minimum absolute atomic E-state index is 0.0241. The Kier molecular flexibility index (Phi) is 8.68. The van der Waals surface area contributed by atoms with E-state index in [1.54, 1.807) is 0 Å². The Morgan fingerprint density at radius 1 is 0.828 bits per heavy atom. The fraction of sp³-hybridized carbons (Fsp3) is 0.538. The largest absolute Gasteiger partial charge is 0.407 e. The van der Waals surface area contributed by atoms with Gasteiger partial charge in [-0.1, -0.05) is 102 Å². The molecule has 2 rings (SSSR count). The Hall–Kier alpha value is -1.42. The van der Waals surface area contributed by atoms with E-state index < -0.39 is 8.32 Å². The molecule has 0 radical (unpaired) electrons. The van der Waals surface area contributed by atoms with Gasteiger partial charge in [0.05, 0.1) is 6.10 Å². The summed E-state index contributed by atoms with van der Waals surface area (Å²) in [4.78, 5) is 0. The van der Waals surface area contributed by atoms with E-state index in [-0.39, 0.29) is 11.1 Å². The molecule has 0 spiro atoms. The van der Waals surface area contributed by atoms with E-state index in [0.29, 0.717) is 11.8 Å². The zero-order valence-electron chi connectivity index (χ0n) is 19.2. The van der Waals surface area contributed by atoms with Crippen LogP contribution in [0.2, 0.25) is 5.04 Å². The Labute approximate surface area is 179 Å². The van der Waals surface area contributed by atoms with Crippen LogP contribution in [-0.4, -0.2) is 26.1 Å². The standard InChI is InChI=1S/C26H40O2Si/c1-21(14-13-15-22(2)23(3)27)20-28-29(26(4,5)6,24-16-9-7-10-17-24)25-18-11-8-12-19-25/h7-12,16-19,21-23,27H,13-15,20H2,1-6H3/t21-,22+,23+/m1/s1. The smallest absolute Gasteiger partial charge is 0.261 e. The molecular formula is C26H40O2Si. The molecule has 2 nitrogen and oxygen atoms in total. The maximum Gasteiger partial charge on any atom is 0.261 e. The first-order chi connectivity index (χ1) is 13.7. The molecule has 0 aliphatic heterocycles. The fourth-order valence-electron chi connectivity index (χ4n) is 4.14. The number of aliphatic hydroxyl groups is 1.